The van der Waals surface area contributed by atoms with Crippen molar-refractivity contribution in [2.75, 3.05) is 11.9 Å². The summed E-state index contributed by atoms with van der Waals surface area (Å²) in [6.07, 6.45) is 0. The van der Waals surface area contributed by atoms with E-state index in [9.17, 15) is 4.79 Å². The molecule has 0 saturated heterocycles. The highest BCUT2D eigenvalue weighted by Gasteiger charge is 2.18. The molecule has 0 spiro atoms. The van der Waals surface area contributed by atoms with E-state index in [0.29, 0.717) is 17.2 Å². The molecule has 2 aromatic carbocycles. The first-order valence-corrected chi connectivity index (χ1v) is 11.4. The van der Waals surface area contributed by atoms with E-state index in [-0.39, 0.29) is 12.5 Å². The van der Waals surface area contributed by atoms with Crippen LogP contribution in [0.3, 0.4) is 0 Å². The smallest absolute Gasteiger partial charge is 0.262 e. The van der Waals surface area contributed by atoms with Crippen LogP contribution in [0.5, 0.6) is 5.75 Å². The molecule has 3 heterocycles. The lowest BCUT2D eigenvalue weighted by Crippen LogP contribution is -2.25. The SMILES string of the molecule is CC(=Nn1c(-c2ccc3c(c2)NC(=O)CO3)csc1=Nc1ccccc1C)c1ccc(C)o1. The number of carbonyl (C=O) groups is 1. The van der Waals surface area contributed by atoms with Crippen LogP contribution >= 0.6 is 11.3 Å². The highest BCUT2D eigenvalue weighted by Crippen LogP contribution is 2.33. The van der Waals surface area contributed by atoms with Gasteiger partial charge in [-0.25, -0.2) is 9.67 Å². The number of carbonyl (C=O) groups excluding carboxylic acids is 1. The van der Waals surface area contributed by atoms with Crippen molar-refractivity contribution in [1.29, 1.82) is 0 Å². The number of anilines is 1. The van der Waals surface area contributed by atoms with Crippen LogP contribution in [0.2, 0.25) is 0 Å². The predicted octanol–water partition coefficient (Wildman–Crippen LogP) is 5.26. The molecule has 8 heteroatoms. The standard InChI is InChI=1S/C25H22N4O3S/c1-15-6-4-5-7-19(15)27-25-29(28-17(3)22-10-8-16(2)32-22)21(14-33-25)18-9-11-23-20(12-18)26-24(30)13-31-23/h4-12,14H,13H2,1-3H3,(H,26,30). The number of ether oxygens (including phenoxy) is 1. The summed E-state index contributed by atoms with van der Waals surface area (Å²) in [6.45, 7) is 5.87. The van der Waals surface area contributed by atoms with Gasteiger partial charge in [0.1, 0.15) is 23.0 Å². The largest absolute Gasteiger partial charge is 0.482 e. The molecular formula is C25H22N4O3S. The molecule has 7 nitrogen and oxygen atoms in total. The zero-order chi connectivity index (χ0) is 22.9. The Bertz CT molecular complexity index is 1460. The van der Waals surface area contributed by atoms with Gasteiger partial charge < -0.3 is 14.5 Å². The molecule has 33 heavy (non-hydrogen) atoms. The number of hydrogen-bond donors (Lipinski definition) is 1. The van der Waals surface area contributed by atoms with Gasteiger partial charge >= 0.3 is 0 Å². The van der Waals surface area contributed by atoms with E-state index in [1.165, 1.54) is 11.3 Å². The van der Waals surface area contributed by atoms with Crippen LogP contribution in [0.15, 0.2) is 74.5 Å². The van der Waals surface area contributed by atoms with Crippen molar-refractivity contribution in [2.24, 2.45) is 10.1 Å². The molecule has 0 saturated carbocycles. The van der Waals surface area contributed by atoms with Gasteiger partial charge in [0.25, 0.3) is 5.91 Å². The van der Waals surface area contributed by atoms with Gasteiger partial charge in [-0.15, -0.1) is 11.3 Å². The van der Waals surface area contributed by atoms with Gasteiger partial charge in [-0.1, -0.05) is 18.2 Å². The summed E-state index contributed by atoms with van der Waals surface area (Å²) in [5.41, 5.74) is 5.05. The Kier molecular flexibility index (Phi) is 5.43. The molecule has 2 aromatic heterocycles. The summed E-state index contributed by atoms with van der Waals surface area (Å²) in [5.74, 6) is 2.00. The predicted molar refractivity (Wildman–Crippen MR) is 129 cm³/mol. The van der Waals surface area contributed by atoms with Crippen LogP contribution in [0.25, 0.3) is 11.3 Å². The van der Waals surface area contributed by atoms with Crippen molar-refractivity contribution in [3.8, 4) is 17.0 Å². The minimum Gasteiger partial charge on any atom is -0.482 e. The number of fused-ring (bicyclic) bond motifs is 1. The number of hydrogen-bond acceptors (Lipinski definition) is 6. The van der Waals surface area contributed by atoms with Gasteiger partial charge in [-0.2, -0.15) is 5.10 Å². The molecule has 0 unspecified atom stereocenters. The van der Waals surface area contributed by atoms with E-state index in [0.717, 1.165) is 38.8 Å². The van der Waals surface area contributed by atoms with E-state index in [4.69, 9.17) is 19.2 Å². The minimum atomic E-state index is -0.171. The van der Waals surface area contributed by atoms with Gasteiger partial charge in [-0.3, -0.25) is 4.79 Å². The molecule has 1 N–H and O–H groups in total. The molecule has 1 amide bonds. The first kappa shape index (κ1) is 21.0. The highest BCUT2D eigenvalue weighted by molar-refractivity contribution is 7.07. The van der Waals surface area contributed by atoms with Crippen molar-refractivity contribution in [1.82, 2.24) is 4.68 Å². The van der Waals surface area contributed by atoms with Gasteiger partial charge in [0.05, 0.1) is 17.1 Å². The van der Waals surface area contributed by atoms with E-state index in [2.05, 4.69) is 5.32 Å². The van der Waals surface area contributed by atoms with Crippen molar-refractivity contribution in [3.63, 3.8) is 0 Å². The zero-order valence-corrected chi connectivity index (χ0v) is 19.3. The lowest BCUT2D eigenvalue weighted by molar-refractivity contribution is -0.118. The summed E-state index contributed by atoms with van der Waals surface area (Å²) in [6, 6.07) is 17.5. The van der Waals surface area contributed by atoms with Crippen molar-refractivity contribution in [3.05, 3.63) is 81.9 Å². The van der Waals surface area contributed by atoms with Crippen LogP contribution in [0.4, 0.5) is 11.4 Å². The number of para-hydroxylation sites is 1. The van der Waals surface area contributed by atoms with Crippen molar-refractivity contribution < 1.29 is 13.9 Å². The quantitative estimate of drug-likeness (QED) is 0.424. The van der Waals surface area contributed by atoms with Gasteiger partial charge in [0.2, 0.25) is 4.80 Å². The van der Waals surface area contributed by atoms with Crippen LogP contribution in [-0.2, 0) is 4.79 Å². The first-order valence-electron chi connectivity index (χ1n) is 10.5. The first-order chi connectivity index (χ1) is 16.0. The van der Waals surface area contributed by atoms with Crippen LogP contribution in [0.1, 0.15) is 24.0 Å². The number of aryl methyl sites for hydroxylation is 2. The summed E-state index contributed by atoms with van der Waals surface area (Å²) in [7, 11) is 0. The summed E-state index contributed by atoms with van der Waals surface area (Å²) >= 11 is 1.49. The summed E-state index contributed by atoms with van der Waals surface area (Å²) < 4.78 is 13.1. The average molecular weight is 459 g/mol. The van der Waals surface area contributed by atoms with E-state index in [1.807, 2.05) is 85.4 Å². The van der Waals surface area contributed by atoms with Crippen molar-refractivity contribution >= 4 is 34.3 Å². The van der Waals surface area contributed by atoms with Crippen molar-refractivity contribution in [2.45, 2.75) is 20.8 Å². The second-order valence-corrected chi connectivity index (χ2v) is 8.59. The Morgan fingerprint density at radius 2 is 1.97 bits per heavy atom. The third-order valence-electron chi connectivity index (χ3n) is 5.27. The second kappa shape index (κ2) is 8.55. The topological polar surface area (TPSA) is 81.1 Å². The second-order valence-electron chi connectivity index (χ2n) is 7.76. The summed E-state index contributed by atoms with van der Waals surface area (Å²) in [5, 5.41) is 9.75. The molecule has 0 aliphatic carbocycles. The molecule has 5 rings (SSSR count). The molecule has 0 radical (unpaired) electrons. The number of nitrogens with one attached hydrogen (secondary N) is 1. The Morgan fingerprint density at radius 1 is 1.12 bits per heavy atom. The number of benzene rings is 2. The van der Waals surface area contributed by atoms with Crippen LogP contribution in [0, 0.1) is 13.8 Å². The molecule has 0 fully saturated rings. The van der Waals surface area contributed by atoms with Gasteiger partial charge in [-0.05, 0) is 62.7 Å². The Hall–Kier alpha value is -3.91. The fourth-order valence-corrected chi connectivity index (χ4v) is 4.38. The maximum atomic E-state index is 11.8. The monoisotopic (exact) mass is 458 g/mol. The van der Waals surface area contributed by atoms with E-state index >= 15 is 0 Å². The Balaban J connectivity index is 1.68. The fourth-order valence-electron chi connectivity index (χ4n) is 3.53. The third-order valence-corrected chi connectivity index (χ3v) is 6.09. The van der Waals surface area contributed by atoms with Crippen LogP contribution in [-0.4, -0.2) is 22.9 Å². The molecule has 4 aromatic rings. The van der Waals surface area contributed by atoms with E-state index in [1.54, 1.807) is 0 Å². The zero-order valence-electron chi connectivity index (χ0n) is 18.5. The molecule has 0 bridgehead atoms. The summed E-state index contributed by atoms with van der Waals surface area (Å²) in [4.78, 5) is 17.4. The van der Waals surface area contributed by atoms with Crippen LogP contribution < -0.4 is 14.9 Å². The number of rotatable bonds is 4. The maximum absolute atomic E-state index is 11.8. The molecular weight excluding hydrogens is 436 g/mol. The fraction of sp³-hybridized carbons (Fsp3) is 0.160. The third kappa shape index (κ3) is 4.25. The number of amides is 1. The van der Waals surface area contributed by atoms with Gasteiger partial charge in [0.15, 0.2) is 6.61 Å². The Labute approximate surface area is 194 Å². The molecule has 166 valence electrons. The number of thiazole rings is 1. The maximum Gasteiger partial charge on any atom is 0.262 e. The lowest BCUT2D eigenvalue weighted by atomic mass is 10.1. The highest BCUT2D eigenvalue weighted by atomic mass is 32.1. The van der Waals surface area contributed by atoms with Gasteiger partial charge in [0, 0.05) is 10.9 Å². The molecule has 1 aliphatic heterocycles. The average Bonchev–Trinajstić information content (AvgIpc) is 3.41. The minimum absolute atomic E-state index is 0.0241. The lowest BCUT2D eigenvalue weighted by Gasteiger charge is -2.18. The number of furan rings is 1. The molecule has 0 atom stereocenters. The Morgan fingerprint density at radius 3 is 2.76 bits per heavy atom. The normalized spacial score (nSPS) is 14.1. The number of nitrogens with zero attached hydrogens (tertiary/aromatic N) is 3. The number of aromatic nitrogens is 1. The van der Waals surface area contributed by atoms with E-state index < -0.39 is 0 Å². The molecule has 1 aliphatic rings.